The smallest absolute Gasteiger partial charge is 0.166 e. The number of halogens is 1. The summed E-state index contributed by atoms with van der Waals surface area (Å²) < 4.78 is 10.8. The fourth-order valence-corrected chi connectivity index (χ4v) is 2.50. The molecule has 0 saturated carbocycles. The highest BCUT2D eigenvalue weighted by atomic mass is 127. The second-order valence-electron chi connectivity index (χ2n) is 3.84. The Labute approximate surface area is 117 Å². The molecule has 1 aliphatic heterocycles. The summed E-state index contributed by atoms with van der Waals surface area (Å²) in [5, 5.41) is 0. The van der Waals surface area contributed by atoms with Crippen LogP contribution in [-0.4, -0.2) is 19.0 Å². The summed E-state index contributed by atoms with van der Waals surface area (Å²) >= 11 is 2.09. The monoisotopic (exact) mass is 364 g/mol. The molecule has 0 saturated heterocycles. The summed E-state index contributed by atoms with van der Waals surface area (Å²) in [4.78, 5) is 11.9. The number of carbonyl (C=O) groups is 1. The molecular weight excluding hydrogens is 351 g/mol. The lowest BCUT2D eigenvalue weighted by atomic mass is 10.0. The number of fused-ring (bicyclic) bond motifs is 1. The van der Waals surface area contributed by atoms with E-state index in [-0.39, 0.29) is 5.78 Å². The summed E-state index contributed by atoms with van der Waals surface area (Å²) in [6.07, 6.45) is 2.20. The van der Waals surface area contributed by atoms with Gasteiger partial charge in [0.1, 0.15) is 5.75 Å². The lowest BCUT2D eigenvalue weighted by Crippen LogP contribution is -2.00. The topological polar surface area (TPSA) is 35.5 Å². The van der Waals surface area contributed by atoms with Gasteiger partial charge in [0.2, 0.25) is 0 Å². The number of hydrogen-bond acceptors (Lipinski definition) is 4. The molecule has 2 rings (SSSR count). The van der Waals surface area contributed by atoms with Gasteiger partial charge in [0.05, 0.1) is 28.0 Å². The fourth-order valence-electron chi connectivity index (χ4n) is 1.82. The number of ketones is 1. The first kappa shape index (κ1) is 13.2. The van der Waals surface area contributed by atoms with Gasteiger partial charge in [0.15, 0.2) is 5.78 Å². The van der Waals surface area contributed by atoms with E-state index in [1.165, 1.54) is 9.21 Å². The number of carbonyl (C=O) groups excluding carboxylic acids is 1. The maximum Gasteiger partial charge on any atom is 0.166 e. The fraction of sp³-hybridized carbons (Fsp3) is 0.417. The molecule has 0 spiro atoms. The van der Waals surface area contributed by atoms with E-state index in [2.05, 4.69) is 21.2 Å². The van der Waals surface area contributed by atoms with Gasteiger partial charge in [-0.3, -0.25) is 4.79 Å². The van der Waals surface area contributed by atoms with Crippen molar-refractivity contribution in [1.82, 2.24) is 0 Å². The molecule has 1 aromatic carbocycles. The van der Waals surface area contributed by atoms with E-state index in [0.29, 0.717) is 19.6 Å². The number of rotatable bonds is 4. The molecule has 0 radical (unpaired) electrons. The Kier molecular flexibility index (Phi) is 5.12. The van der Waals surface area contributed by atoms with Gasteiger partial charge in [-0.15, -0.1) is 0 Å². The van der Waals surface area contributed by atoms with Gasteiger partial charge in [-0.1, -0.05) is 6.07 Å². The van der Waals surface area contributed by atoms with Crippen LogP contribution in [0.3, 0.4) is 0 Å². The Bertz CT molecular complexity index is 409. The third-order valence-corrected chi connectivity index (χ3v) is 3.69. The van der Waals surface area contributed by atoms with Crippen molar-refractivity contribution in [1.29, 1.82) is 0 Å². The first-order valence-electron chi connectivity index (χ1n) is 5.50. The van der Waals surface area contributed by atoms with Crippen LogP contribution in [0.4, 0.5) is 0 Å². The highest BCUT2D eigenvalue weighted by molar-refractivity contribution is 14.2. The van der Waals surface area contributed by atoms with Crippen LogP contribution in [0.25, 0.3) is 0 Å². The van der Waals surface area contributed by atoms with Crippen LogP contribution in [0.1, 0.15) is 28.8 Å². The quantitative estimate of drug-likeness (QED) is 0.465. The molecule has 0 amide bonds. The summed E-state index contributed by atoms with van der Waals surface area (Å²) in [6.45, 7) is 1.29. The van der Waals surface area contributed by atoms with Crippen LogP contribution in [0.5, 0.6) is 5.75 Å². The van der Waals surface area contributed by atoms with Crippen LogP contribution in [0.2, 0.25) is 0 Å². The summed E-state index contributed by atoms with van der Waals surface area (Å²) in [5.74, 6) is 0.906. The number of ether oxygens (including phenoxy) is 1. The zero-order valence-corrected chi connectivity index (χ0v) is 12.3. The van der Waals surface area contributed by atoms with Crippen molar-refractivity contribution in [3.8, 4) is 5.75 Å². The number of benzene rings is 1. The van der Waals surface area contributed by atoms with Gasteiger partial charge < -0.3 is 8.92 Å². The summed E-state index contributed by atoms with van der Waals surface area (Å²) in [5.41, 5.74) is 1.84. The van der Waals surface area contributed by atoms with Crippen molar-refractivity contribution in [2.24, 2.45) is 0 Å². The van der Waals surface area contributed by atoms with Crippen LogP contribution in [-0.2, 0) is 10.6 Å². The zero-order valence-electron chi connectivity index (χ0n) is 9.28. The average molecular weight is 364 g/mol. The largest absolute Gasteiger partial charge is 0.493 e. The van der Waals surface area contributed by atoms with E-state index in [1.54, 1.807) is 0 Å². The van der Waals surface area contributed by atoms with Crippen molar-refractivity contribution >= 4 is 36.2 Å². The zero-order chi connectivity index (χ0) is 12.1. The van der Waals surface area contributed by atoms with Crippen molar-refractivity contribution < 1.29 is 13.7 Å². The molecule has 0 N–H and O–H groups in total. The van der Waals surface area contributed by atoms with Gasteiger partial charge >= 0.3 is 0 Å². The molecule has 1 aliphatic rings. The third kappa shape index (κ3) is 3.59. The van der Waals surface area contributed by atoms with Gasteiger partial charge in [0, 0.05) is 27.6 Å². The van der Waals surface area contributed by atoms with E-state index >= 15 is 0 Å². The molecule has 0 unspecified atom stereocenters. The van der Waals surface area contributed by atoms with E-state index in [0.717, 1.165) is 29.7 Å². The average Bonchev–Trinajstić information content (AvgIpc) is 2.52. The minimum atomic E-state index is 0.184. The second kappa shape index (κ2) is 6.61. The normalized spacial score (nSPS) is 15.0. The lowest BCUT2D eigenvalue weighted by Gasteiger charge is -2.08. The SMILES string of the molecule is O=C1CCCOc2ccc(CCOSI)cc21. The molecule has 0 bridgehead atoms. The maximum absolute atomic E-state index is 11.9. The highest BCUT2D eigenvalue weighted by Crippen LogP contribution is 2.25. The summed E-state index contributed by atoms with van der Waals surface area (Å²) in [6, 6.07) is 5.83. The molecule has 17 heavy (non-hydrogen) atoms. The first-order valence-corrected chi connectivity index (χ1v) is 8.79. The molecular formula is C12H13IO3S. The predicted molar refractivity (Wildman–Crippen MR) is 76.8 cm³/mol. The Balaban J connectivity index is 2.14. The maximum atomic E-state index is 11.9. The minimum absolute atomic E-state index is 0.184. The molecule has 1 aromatic rings. The van der Waals surface area contributed by atoms with Crippen molar-refractivity contribution in [3.63, 3.8) is 0 Å². The molecule has 0 atom stereocenters. The van der Waals surface area contributed by atoms with E-state index in [9.17, 15) is 4.79 Å². The highest BCUT2D eigenvalue weighted by Gasteiger charge is 2.16. The Morgan fingerprint density at radius 2 is 2.35 bits per heavy atom. The van der Waals surface area contributed by atoms with Crippen LogP contribution in [0.15, 0.2) is 18.2 Å². The van der Waals surface area contributed by atoms with Gasteiger partial charge in [-0.2, -0.15) is 0 Å². The Morgan fingerprint density at radius 3 is 3.18 bits per heavy atom. The van der Waals surface area contributed by atoms with Crippen molar-refractivity contribution in [3.05, 3.63) is 29.3 Å². The first-order chi connectivity index (χ1) is 8.31. The molecule has 92 valence electrons. The molecule has 3 nitrogen and oxygen atoms in total. The number of Topliss-reactive ketones (excluding diaryl/α,β-unsaturated/α-hetero) is 1. The Morgan fingerprint density at radius 1 is 1.47 bits per heavy atom. The van der Waals surface area contributed by atoms with Crippen LogP contribution < -0.4 is 4.74 Å². The molecule has 5 heteroatoms. The van der Waals surface area contributed by atoms with Gasteiger partial charge in [-0.05, 0) is 30.5 Å². The standard InChI is InChI=1S/C12H13IO3S/c13-17-16-7-5-9-3-4-12-10(8-9)11(14)2-1-6-15-12/h3-4,8H,1-2,5-7H2. The van der Waals surface area contributed by atoms with Crippen LogP contribution in [0, 0.1) is 0 Å². The third-order valence-electron chi connectivity index (χ3n) is 2.67. The van der Waals surface area contributed by atoms with Gasteiger partial charge in [0.25, 0.3) is 0 Å². The van der Waals surface area contributed by atoms with Gasteiger partial charge in [-0.25, -0.2) is 0 Å². The van der Waals surface area contributed by atoms with E-state index in [1.807, 2.05) is 18.2 Å². The lowest BCUT2D eigenvalue weighted by molar-refractivity contribution is 0.0983. The predicted octanol–water partition coefficient (Wildman–Crippen LogP) is 3.60. The van der Waals surface area contributed by atoms with Crippen molar-refractivity contribution in [2.45, 2.75) is 19.3 Å². The van der Waals surface area contributed by atoms with Crippen LogP contribution >= 0.6 is 30.4 Å². The minimum Gasteiger partial charge on any atom is -0.493 e. The summed E-state index contributed by atoms with van der Waals surface area (Å²) in [7, 11) is 1.33. The second-order valence-corrected chi connectivity index (χ2v) is 5.28. The Hall–Kier alpha value is -0.270. The molecule has 1 heterocycles. The molecule has 0 fully saturated rings. The van der Waals surface area contributed by atoms with E-state index in [4.69, 9.17) is 8.92 Å². The van der Waals surface area contributed by atoms with E-state index < -0.39 is 0 Å². The van der Waals surface area contributed by atoms with Crippen molar-refractivity contribution in [2.75, 3.05) is 13.2 Å². The molecule has 0 aromatic heterocycles. The number of hydrogen-bond donors (Lipinski definition) is 0. The molecule has 0 aliphatic carbocycles.